The van der Waals surface area contributed by atoms with E-state index in [1.165, 1.54) is 0 Å². The Labute approximate surface area is 109 Å². The molecule has 0 saturated carbocycles. The summed E-state index contributed by atoms with van der Waals surface area (Å²) >= 11 is 0. The fourth-order valence-corrected chi connectivity index (χ4v) is 2.71. The molecule has 1 unspecified atom stereocenters. The van der Waals surface area contributed by atoms with E-state index in [1.807, 2.05) is 43.3 Å². The summed E-state index contributed by atoms with van der Waals surface area (Å²) in [4.78, 5) is 12.7. The average Bonchev–Trinajstić information content (AvgIpc) is 2.39. The zero-order valence-corrected chi connectivity index (χ0v) is 10.9. The lowest BCUT2D eigenvalue weighted by Crippen LogP contribution is -2.11. The summed E-state index contributed by atoms with van der Waals surface area (Å²) < 4.78 is 12.0. The molecule has 0 radical (unpaired) electrons. The van der Waals surface area contributed by atoms with E-state index in [1.54, 1.807) is 18.2 Å². The molecular weight excluding hydrogens is 244 g/mol. The van der Waals surface area contributed by atoms with Gasteiger partial charge in [-0.25, -0.2) is 0 Å². The van der Waals surface area contributed by atoms with Crippen LogP contribution < -0.4 is 0 Å². The second-order valence-corrected chi connectivity index (χ2v) is 5.55. The highest BCUT2D eigenvalue weighted by atomic mass is 32.2. The molecule has 0 aliphatic carbocycles. The molecule has 0 saturated heterocycles. The van der Waals surface area contributed by atoms with Crippen LogP contribution in [0.3, 0.4) is 0 Å². The minimum atomic E-state index is -1.27. The summed E-state index contributed by atoms with van der Waals surface area (Å²) in [5.41, 5.74) is 1.66. The number of benzene rings is 2. The number of carbonyl (C=O) groups is 1. The molecule has 2 rings (SSSR count). The topological polar surface area (TPSA) is 34.1 Å². The molecule has 0 spiro atoms. The van der Waals surface area contributed by atoms with E-state index < -0.39 is 10.8 Å². The molecule has 1 atom stereocenters. The molecule has 2 nitrogen and oxygen atoms in total. The fraction of sp³-hybridized carbons (Fsp3) is 0.133. The van der Waals surface area contributed by atoms with Gasteiger partial charge in [0.25, 0.3) is 0 Å². The number of hydrogen-bond acceptors (Lipinski definition) is 2. The van der Waals surface area contributed by atoms with E-state index >= 15 is 0 Å². The molecule has 92 valence electrons. The molecular formula is C15H14O2S. The van der Waals surface area contributed by atoms with Gasteiger partial charge >= 0.3 is 0 Å². The second kappa shape index (κ2) is 5.74. The minimum Gasteiger partial charge on any atom is -0.293 e. The van der Waals surface area contributed by atoms with Crippen molar-refractivity contribution in [3.63, 3.8) is 0 Å². The highest BCUT2D eigenvalue weighted by molar-refractivity contribution is 7.85. The van der Waals surface area contributed by atoms with Gasteiger partial charge in [0, 0.05) is 10.5 Å². The number of carbonyl (C=O) groups excluding carboxylic acids is 1. The Balaban J connectivity index is 2.11. The van der Waals surface area contributed by atoms with Crippen LogP contribution in [-0.2, 0) is 10.8 Å². The summed E-state index contributed by atoms with van der Waals surface area (Å²) in [6, 6.07) is 16.4. The molecule has 0 amide bonds. The van der Waals surface area contributed by atoms with Gasteiger partial charge in [0.05, 0.1) is 16.6 Å². The lowest BCUT2D eigenvalue weighted by atomic mass is 10.1. The molecule has 0 N–H and O–H groups in total. The maximum absolute atomic E-state index is 12.0. The predicted octanol–water partition coefficient (Wildman–Crippen LogP) is 2.99. The van der Waals surface area contributed by atoms with Gasteiger partial charge in [-0.1, -0.05) is 42.0 Å². The van der Waals surface area contributed by atoms with Crippen molar-refractivity contribution >= 4 is 16.6 Å². The molecule has 0 aliphatic heterocycles. The van der Waals surface area contributed by atoms with Crippen molar-refractivity contribution < 1.29 is 9.00 Å². The third-order valence-electron chi connectivity index (χ3n) is 2.61. The van der Waals surface area contributed by atoms with Crippen LogP contribution in [0.15, 0.2) is 59.5 Å². The highest BCUT2D eigenvalue weighted by Gasteiger charge is 2.11. The smallest absolute Gasteiger partial charge is 0.175 e. The predicted molar refractivity (Wildman–Crippen MR) is 73.2 cm³/mol. The first-order chi connectivity index (χ1) is 8.66. The maximum atomic E-state index is 12.0. The Morgan fingerprint density at radius 3 is 2.44 bits per heavy atom. The Kier molecular flexibility index (Phi) is 4.05. The van der Waals surface area contributed by atoms with Crippen molar-refractivity contribution in [3.8, 4) is 0 Å². The van der Waals surface area contributed by atoms with E-state index in [0.29, 0.717) is 10.5 Å². The van der Waals surface area contributed by atoms with Gasteiger partial charge in [0.2, 0.25) is 0 Å². The number of rotatable bonds is 4. The average molecular weight is 258 g/mol. The van der Waals surface area contributed by atoms with Crippen LogP contribution in [0.4, 0.5) is 0 Å². The molecule has 2 aromatic rings. The van der Waals surface area contributed by atoms with Crippen molar-refractivity contribution in [2.24, 2.45) is 0 Å². The monoisotopic (exact) mass is 258 g/mol. The Morgan fingerprint density at radius 2 is 1.78 bits per heavy atom. The molecule has 0 aliphatic rings. The third kappa shape index (κ3) is 3.14. The van der Waals surface area contributed by atoms with Crippen molar-refractivity contribution in [2.75, 3.05) is 5.75 Å². The van der Waals surface area contributed by atoms with Crippen LogP contribution >= 0.6 is 0 Å². The molecule has 0 heterocycles. The zero-order chi connectivity index (χ0) is 13.0. The largest absolute Gasteiger partial charge is 0.293 e. The third-order valence-corrected chi connectivity index (χ3v) is 3.93. The molecule has 0 fully saturated rings. The summed E-state index contributed by atoms with van der Waals surface area (Å²) in [5, 5.41) is 0. The number of hydrogen-bond donors (Lipinski definition) is 0. The standard InChI is InChI=1S/C15H14O2S/c1-12-6-5-7-13(10-12)15(16)11-18(17)14-8-3-2-4-9-14/h2-10H,11H2,1H3. The van der Waals surface area contributed by atoms with Crippen molar-refractivity contribution in [1.29, 1.82) is 0 Å². The lowest BCUT2D eigenvalue weighted by molar-refractivity contribution is 0.102. The SMILES string of the molecule is Cc1cccc(C(=O)CS(=O)c2ccccc2)c1. The number of ketones is 1. The van der Waals surface area contributed by atoms with Gasteiger partial charge in [-0.15, -0.1) is 0 Å². The van der Waals surface area contributed by atoms with Crippen molar-refractivity contribution in [2.45, 2.75) is 11.8 Å². The van der Waals surface area contributed by atoms with Gasteiger partial charge in [-0.3, -0.25) is 9.00 Å². The summed E-state index contributed by atoms with van der Waals surface area (Å²) in [6.45, 7) is 1.94. The Hall–Kier alpha value is -1.74. The normalized spacial score (nSPS) is 12.1. The molecule has 2 aromatic carbocycles. The fourth-order valence-electron chi connectivity index (χ4n) is 1.68. The highest BCUT2D eigenvalue weighted by Crippen LogP contribution is 2.10. The van der Waals surface area contributed by atoms with Crippen molar-refractivity contribution in [1.82, 2.24) is 0 Å². The zero-order valence-electron chi connectivity index (χ0n) is 10.1. The first-order valence-corrected chi connectivity index (χ1v) is 7.02. The lowest BCUT2D eigenvalue weighted by Gasteiger charge is -2.03. The van der Waals surface area contributed by atoms with Gasteiger partial charge in [-0.2, -0.15) is 0 Å². The minimum absolute atomic E-state index is 0.0352. The summed E-state index contributed by atoms with van der Waals surface area (Å²) in [7, 11) is -1.27. The first kappa shape index (κ1) is 12.7. The quantitative estimate of drug-likeness (QED) is 0.790. The van der Waals surface area contributed by atoms with Crippen LogP contribution in [-0.4, -0.2) is 15.7 Å². The Bertz CT molecular complexity index is 576. The van der Waals surface area contributed by atoms with E-state index in [4.69, 9.17) is 0 Å². The van der Waals surface area contributed by atoms with Gasteiger partial charge < -0.3 is 0 Å². The molecule has 3 heteroatoms. The summed E-state index contributed by atoms with van der Waals surface area (Å²) in [5.74, 6) is -0.0473. The van der Waals surface area contributed by atoms with Crippen molar-refractivity contribution in [3.05, 3.63) is 65.7 Å². The first-order valence-electron chi connectivity index (χ1n) is 5.70. The van der Waals surface area contributed by atoms with E-state index in [2.05, 4.69) is 0 Å². The molecule has 0 bridgehead atoms. The van der Waals surface area contributed by atoms with Crippen LogP contribution in [0, 0.1) is 6.92 Å². The molecule has 0 aromatic heterocycles. The summed E-state index contributed by atoms with van der Waals surface area (Å²) in [6.07, 6.45) is 0. The van der Waals surface area contributed by atoms with Crippen LogP contribution in [0.2, 0.25) is 0 Å². The van der Waals surface area contributed by atoms with Gasteiger partial charge in [0.1, 0.15) is 0 Å². The van der Waals surface area contributed by atoms with Crippen LogP contribution in [0.5, 0.6) is 0 Å². The van der Waals surface area contributed by atoms with E-state index in [-0.39, 0.29) is 11.5 Å². The van der Waals surface area contributed by atoms with Crippen LogP contribution in [0.25, 0.3) is 0 Å². The van der Waals surface area contributed by atoms with Crippen LogP contribution in [0.1, 0.15) is 15.9 Å². The van der Waals surface area contributed by atoms with E-state index in [9.17, 15) is 9.00 Å². The van der Waals surface area contributed by atoms with Gasteiger partial charge in [0.15, 0.2) is 5.78 Å². The van der Waals surface area contributed by atoms with E-state index in [0.717, 1.165) is 5.56 Å². The number of aryl methyl sites for hydroxylation is 1. The maximum Gasteiger partial charge on any atom is 0.175 e. The molecule has 18 heavy (non-hydrogen) atoms. The number of Topliss-reactive ketones (excluding diaryl/α,β-unsaturated/α-hetero) is 1. The Morgan fingerprint density at radius 1 is 1.06 bits per heavy atom. The van der Waals surface area contributed by atoms with Gasteiger partial charge in [-0.05, 0) is 25.1 Å². The second-order valence-electron chi connectivity index (χ2n) is 4.10.